The monoisotopic (exact) mass is 429 g/mol. The van der Waals surface area contributed by atoms with Crippen LogP contribution in [0.3, 0.4) is 0 Å². The lowest BCUT2D eigenvalue weighted by Gasteiger charge is -2.29. The number of carbonyl (C=O) groups is 1. The summed E-state index contributed by atoms with van der Waals surface area (Å²) in [4.78, 5) is 19.7. The Hall–Kier alpha value is -2.48. The number of benzene rings is 2. The van der Waals surface area contributed by atoms with Crippen molar-refractivity contribution in [3.05, 3.63) is 58.0 Å². The van der Waals surface area contributed by atoms with Crippen LogP contribution in [0.15, 0.2) is 52.4 Å². The Morgan fingerprint density at radius 1 is 1.21 bits per heavy atom. The third kappa shape index (κ3) is 4.75. The summed E-state index contributed by atoms with van der Waals surface area (Å²) >= 11 is 7.20. The molecule has 4 rings (SSSR count). The Kier molecular flexibility index (Phi) is 6.08. The molecule has 6 nitrogen and oxygen atoms in total. The second-order valence-electron chi connectivity index (χ2n) is 6.48. The van der Waals surface area contributed by atoms with Crippen LogP contribution in [0.5, 0.6) is 5.75 Å². The van der Waals surface area contributed by atoms with E-state index in [-0.39, 0.29) is 5.91 Å². The van der Waals surface area contributed by atoms with E-state index >= 15 is 0 Å². The number of carbonyl (C=O) groups excluding carboxylic acids is 1. The number of thioether (sulfide) groups is 1. The minimum atomic E-state index is -0.179. The van der Waals surface area contributed by atoms with Crippen molar-refractivity contribution >= 4 is 51.9 Å². The van der Waals surface area contributed by atoms with Crippen LogP contribution in [-0.2, 0) is 9.53 Å². The quantitative estimate of drug-likeness (QED) is 0.742. The van der Waals surface area contributed by atoms with E-state index in [1.165, 1.54) is 11.8 Å². The molecule has 0 aromatic heterocycles. The number of methoxy groups -OCH3 is 1. The summed E-state index contributed by atoms with van der Waals surface area (Å²) < 4.78 is 11.0. The summed E-state index contributed by atoms with van der Waals surface area (Å²) in [6.07, 6.45) is 1.83. The topological polar surface area (TPSA) is 63.2 Å². The van der Waals surface area contributed by atoms with Gasteiger partial charge in [-0.2, -0.15) is 0 Å². The van der Waals surface area contributed by atoms with E-state index in [0.717, 1.165) is 49.0 Å². The highest BCUT2D eigenvalue weighted by atomic mass is 35.5. The molecule has 0 atom stereocenters. The molecule has 2 saturated heterocycles. The number of nitrogens with zero attached hydrogens (tertiary/aromatic N) is 2. The van der Waals surface area contributed by atoms with Gasteiger partial charge in [-0.05, 0) is 54.2 Å². The van der Waals surface area contributed by atoms with Gasteiger partial charge in [0.05, 0.1) is 30.9 Å². The predicted octanol–water partition coefficient (Wildman–Crippen LogP) is 4.08. The van der Waals surface area contributed by atoms with Crippen LogP contribution in [0.2, 0.25) is 5.02 Å². The molecule has 29 heavy (non-hydrogen) atoms. The van der Waals surface area contributed by atoms with Gasteiger partial charge in [-0.25, -0.2) is 4.99 Å². The predicted molar refractivity (Wildman–Crippen MR) is 118 cm³/mol. The smallest absolute Gasteiger partial charge is 0.264 e. The first-order valence-corrected chi connectivity index (χ1v) is 10.4. The van der Waals surface area contributed by atoms with E-state index in [4.69, 9.17) is 21.1 Å². The van der Waals surface area contributed by atoms with Crippen molar-refractivity contribution in [1.29, 1.82) is 0 Å². The summed E-state index contributed by atoms with van der Waals surface area (Å²) in [6, 6.07) is 13.1. The summed E-state index contributed by atoms with van der Waals surface area (Å²) in [5.41, 5.74) is 2.65. The zero-order chi connectivity index (χ0) is 20.2. The third-order valence-electron chi connectivity index (χ3n) is 4.59. The van der Waals surface area contributed by atoms with Crippen LogP contribution in [0.4, 0.5) is 11.4 Å². The van der Waals surface area contributed by atoms with Gasteiger partial charge < -0.3 is 19.7 Å². The van der Waals surface area contributed by atoms with E-state index < -0.39 is 0 Å². The Labute approximate surface area is 178 Å². The molecule has 0 spiro atoms. The lowest BCUT2D eigenvalue weighted by molar-refractivity contribution is -0.115. The number of nitrogens with one attached hydrogen (secondary N) is 1. The van der Waals surface area contributed by atoms with Crippen molar-refractivity contribution < 1.29 is 14.3 Å². The number of amides is 1. The van der Waals surface area contributed by atoms with Gasteiger partial charge in [0.25, 0.3) is 5.91 Å². The second-order valence-corrected chi connectivity index (χ2v) is 7.95. The molecule has 2 fully saturated rings. The van der Waals surface area contributed by atoms with Gasteiger partial charge in [0.2, 0.25) is 0 Å². The average Bonchev–Trinajstić information content (AvgIpc) is 3.09. The van der Waals surface area contributed by atoms with Gasteiger partial charge >= 0.3 is 0 Å². The van der Waals surface area contributed by atoms with Crippen LogP contribution in [-0.4, -0.2) is 44.5 Å². The number of hydrogen-bond acceptors (Lipinski definition) is 6. The molecular formula is C21H20ClN3O3S. The summed E-state index contributed by atoms with van der Waals surface area (Å²) in [5, 5.41) is 3.98. The Morgan fingerprint density at radius 3 is 2.69 bits per heavy atom. The van der Waals surface area contributed by atoms with E-state index in [2.05, 4.69) is 15.2 Å². The maximum atomic E-state index is 12.4. The van der Waals surface area contributed by atoms with Crippen molar-refractivity contribution in [3.63, 3.8) is 0 Å². The number of morpholine rings is 1. The molecular weight excluding hydrogens is 410 g/mol. The van der Waals surface area contributed by atoms with Crippen LogP contribution in [0.1, 0.15) is 5.56 Å². The molecule has 0 bridgehead atoms. The molecule has 2 aromatic rings. The first kappa shape index (κ1) is 19.8. The molecule has 0 saturated carbocycles. The molecule has 2 aliphatic rings. The highest BCUT2D eigenvalue weighted by molar-refractivity contribution is 8.18. The fourth-order valence-electron chi connectivity index (χ4n) is 3.09. The molecule has 1 N–H and O–H groups in total. The van der Waals surface area contributed by atoms with Crippen molar-refractivity contribution in [2.45, 2.75) is 0 Å². The van der Waals surface area contributed by atoms with E-state index in [1.54, 1.807) is 31.4 Å². The van der Waals surface area contributed by atoms with Crippen LogP contribution >= 0.6 is 23.4 Å². The summed E-state index contributed by atoms with van der Waals surface area (Å²) in [5.74, 6) is 0.542. The molecule has 8 heteroatoms. The first-order valence-electron chi connectivity index (χ1n) is 9.18. The molecule has 150 valence electrons. The number of aliphatic imine (C=N–C) groups is 1. The fourth-order valence-corrected chi connectivity index (χ4v) is 4.05. The minimum Gasteiger partial charge on any atom is -0.496 e. The zero-order valence-corrected chi connectivity index (χ0v) is 17.4. The first-order chi connectivity index (χ1) is 14.1. The standard InChI is InChI=1S/C21H20ClN3O3S/c1-27-18-13-17(25-8-10-28-11-9-25)7-2-14(18)12-19-20(26)24-21(29-19)23-16-5-3-15(22)4-6-16/h2-7,12-13H,8-11H2,1H3,(H,23,24,26)/b19-12-. The molecule has 0 aliphatic carbocycles. The number of halogens is 1. The van der Waals surface area contributed by atoms with Gasteiger partial charge in [-0.1, -0.05) is 11.6 Å². The van der Waals surface area contributed by atoms with Crippen molar-refractivity contribution in [1.82, 2.24) is 5.32 Å². The summed E-state index contributed by atoms with van der Waals surface area (Å²) in [6.45, 7) is 3.15. The lowest BCUT2D eigenvalue weighted by atomic mass is 10.1. The maximum absolute atomic E-state index is 12.4. The van der Waals surface area contributed by atoms with E-state index in [1.807, 2.05) is 24.3 Å². The Bertz CT molecular complexity index is 970. The van der Waals surface area contributed by atoms with Gasteiger partial charge in [0.1, 0.15) is 5.75 Å². The van der Waals surface area contributed by atoms with Crippen LogP contribution < -0.4 is 15.0 Å². The number of amidine groups is 1. The normalized spacial score (nSPS) is 19.7. The highest BCUT2D eigenvalue weighted by Crippen LogP contribution is 2.33. The third-order valence-corrected chi connectivity index (χ3v) is 5.75. The number of anilines is 1. The molecule has 2 aliphatic heterocycles. The molecule has 2 heterocycles. The minimum absolute atomic E-state index is 0.179. The van der Waals surface area contributed by atoms with Gasteiger partial charge in [-0.3, -0.25) is 4.79 Å². The Morgan fingerprint density at radius 2 is 1.97 bits per heavy atom. The Balaban J connectivity index is 1.55. The molecule has 2 aromatic carbocycles. The average molecular weight is 430 g/mol. The number of rotatable bonds is 4. The van der Waals surface area contributed by atoms with Gasteiger partial charge in [0.15, 0.2) is 5.17 Å². The maximum Gasteiger partial charge on any atom is 0.264 e. The van der Waals surface area contributed by atoms with Gasteiger partial charge in [-0.15, -0.1) is 0 Å². The summed E-state index contributed by atoms with van der Waals surface area (Å²) in [7, 11) is 1.63. The van der Waals surface area contributed by atoms with Crippen molar-refractivity contribution in [2.24, 2.45) is 4.99 Å². The van der Waals surface area contributed by atoms with Crippen molar-refractivity contribution in [2.75, 3.05) is 38.3 Å². The van der Waals surface area contributed by atoms with E-state index in [0.29, 0.717) is 15.1 Å². The molecule has 1 amide bonds. The number of ether oxygens (including phenoxy) is 2. The molecule has 0 unspecified atom stereocenters. The zero-order valence-electron chi connectivity index (χ0n) is 15.9. The van der Waals surface area contributed by atoms with Crippen LogP contribution in [0, 0.1) is 0 Å². The van der Waals surface area contributed by atoms with Gasteiger partial charge in [0, 0.05) is 35.4 Å². The van der Waals surface area contributed by atoms with E-state index in [9.17, 15) is 4.79 Å². The molecule has 0 radical (unpaired) electrons. The largest absolute Gasteiger partial charge is 0.496 e. The SMILES string of the molecule is COc1cc(N2CCOCC2)ccc1/C=C1\SC(=Nc2ccc(Cl)cc2)NC1=O. The van der Waals surface area contributed by atoms with Crippen LogP contribution in [0.25, 0.3) is 6.08 Å². The fraction of sp³-hybridized carbons (Fsp3) is 0.238. The van der Waals surface area contributed by atoms with Crippen molar-refractivity contribution in [3.8, 4) is 5.75 Å². The second kappa shape index (κ2) is 8.90. The highest BCUT2D eigenvalue weighted by Gasteiger charge is 2.24. The number of hydrogen-bond donors (Lipinski definition) is 1. The lowest BCUT2D eigenvalue weighted by Crippen LogP contribution is -2.36.